The van der Waals surface area contributed by atoms with Gasteiger partial charge in [-0.1, -0.05) is 0 Å². The number of aromatic amines is 1. The number of aromatic nitrogens is 2. The summed E-state index contributed by atoms with van der Waals surface area (Å²) in [5.41, 5.74) is 2.68. The summed E-state index contributed by atoms with van der Waals surface area (Å²) in [6.07, 6.45) is 3.62. The van der Waals surface area contributed by atoms with Gasteiger partial charge < -0.3 is 19.2 Å². The van der Waals surface area contributed by atoms with Crippen molar-refractivity contribution in [3.63, 3.8) is 0 Å². The number of nitrogens with one attached hydrogen (secondary N) is 1. The molecular weight excluding hydrogens is 364 g/mol. The fourth-order valence-electron chi connectivity index (χ4n) is 2.63. The van der Waals surface area contributed by atoms with Crippen molar-refractivity contribution in [2.24, 2.45) is 10.1 Å². The first kappa shape index (κ1) is 18.8. The molecule has 142 valence electrons. The molecule has 0 spiro atoms. The highest BCUT2D eigenvalue weighted by molar-refractivity contribution is 7.07. The van der Waals surface area contributed by atoms with Crippen LogP contribution in [0.1, 0.15) is 12.6 Å². The molecule has 1 aromatic carbocycles. The summed E-state index contributed by atoms with van der Waals surface area (Å²) in [5, 5.41) is 6.64. The number of hydrogen-bond donors (Lipinski definition) is 1. The molecule has 2 aromatic heterocycles. The lowest BCUT2D eigenvalue weighted by molar-refractivity contribution is 0.324. The maximum atomic E-state index is 5.48. The molecule has 3 rings (SSSR count). The van der Waals surface area contributed by atoms with E-state index in [1.165, 1.54) is 11.3 Å². The molecular formula is C19H22N4O3S. The molecule has 8 heteroatoms. The third-order valence-corrected chi connectivity index (χ3v) is 4.73. The van der Waals surface area contributed by atoms with Crippen LogP contribution in [0.5, 0.6) is 17.2 Å². The van der Waals surface area contributed by atoms with Crippen molar-refractivity contribution in [2.45, 2.75) is 6.92 Å². The molecule has 0 atom stereocenters. The molecule has 1 N–H and O–H groups in total. The lowest BCUT2D eigenvalue weighted by Crippen LogP contribution is -2.12. The summed E-state index contributed by atoms with van der Waals surface area (Å²) in [6, 6.07) is 7.68. The summed E-state index contributed by atoms with van der Waals surface area (Å²) >= 11 is 1.53. The van der Waals surface area contributed by atoms with Crippen LogP contribution in [-0.2, 0) is 0 Å². The maximum absolute atomic E-state index is 5.48. The number of ether oxygens (including phenoxy) is 3. The highest BCUT2D eigenvalue weighted by Gasteiger charge is 2.16. The minimum Gasteiger partial charge on any atom is -0.493 e. The number of methoxy groups -OCH3 is 3. The van der Waals surface area contributed by atoms with Gasteiger partial charge in [0.25, 0.3) is 0 Å². The fourth-order valence-corrected chi connectivity index (χ4v) is 3.53. The Balaban J connectivity index is 2.16. The summed E-state index contributed by atoms with van der Waals surface area (Å²) in [7, 11) is 4.79. The maximum Gasteiger partial charge on any atom is 0.206 e. The molecule has 0 amide bonds. The average Bonchev–Trinajstić information content (AvgIpc) is 3.35. The zero-order chi connectivity index (χ0) is 19.2. The summed E-state index contributed by atoms with van der Waals surface area (Å²) in [6.45, 7) is 2.67. The van der Waals surface area contributed by atoms with Crippen LogP contribution in [0.25, 0.3) is 11.3 Å². The van der Waals surface area contributed by atoms with E-state index in [-0.39, 0.29) is 0 Å². The number of rotatable bonds is 7. The van der Waals surface area contributed by atoms with Crippen molar-refractivity contribution >= 4 is 17.6 Å². The lowest BCUT2D eigenvalue weighted by atomic mass is 10.1. The van der Waals surface area contributed by atoms with Crippen LogP contribution in [0.3, 0.4) is 0 Å². The van der Waals surface area contributed by atoms with Gasteiger partial charge in [-0.15, -0.1) is 11.3 Å². The fraction of sp³-hybridized carbons (Fsp3) is 0.263. The van der Waals surface area contributed by atoms with Gasteiger partial charge in [0, 0.05) is 23.7 Å². The summed E-state index contributed by atoms with van der Waals surface area (Å²) in [5.74, 6) is 1.73. The third-order valence-electron chi connectivity index (χ3n) is 3.87. The monoisotopic (exact) mass is 386 g/mol. The number of thiazole rings is 1. The molecule has 27 heavy (non-hydrogen) atoms. The van der Waals surface area contributed by atoms with Crippen LogP contribution < -0.4 is 19.0 Å². The Hall–Kier alpha value is -3.00. The van der Waals surface area contributed by atoms with Crippen molar-refractivity contribution in [1.82, 2.24) is 9.66 Å². The van der Waals surface area contributed by atoms with Gasteiger partial charge >= 0.3 is 0 Å². The molecule has 3 aromatic rings. The lowest BCUT2D eigenvalue weighted by Gasteiger charge is -2.14. The van der Waals surface area contributed by atoms with E-state index in [0.29, 0.717) is 23.8 Å². The highest BCUT2D eigenvalue weighted by Crippen LogP contribution is 2.41. The molecule has 0 aliphatic rings. The predicted molar refractivity (Wildman–Crippen MR) is 107 cm³/mol. The van der Waals surface area contributed by atoms with E-state index >= 15 is 0 Å². The Morgan fingerprint density at radius 2 is 1.89 bits per heavy atom. The Morgan fingerprint density at radius 1 is 1.15 bits per heavy atom. The molecule has 0 unspecified atom stereocenters. The first-order valence-electron chi connectivity index (χ1n) is 8.41. The first-order valence-corrected chi connectivity index (χ1v) is 9.29. The van der Waals surface area contributed by atoms with Gasteiger partial charge in [0.1, 0.15) is 0 Å². The molecule has 0 bridgehead atoms. The number of H-pyrrole nitrogens is 1. The molecule has 7 nitrogen and oxygen atoms in total. The number of nitrogens with zero attached hydrogens (tertiary/aromatic N) is 3. The van der Waals surface area contributed by atoms with Crippen molar-refractivity contribution in [3.8, 4) is 28.5 Å². The van der Waals surface area contributed by atoms with Crippen molar-refractivity contribution in [3.05, 3.63) is 46.3 Å². The van der Waals surface area contributed by atoms with Gasteiger partial charge in [-0.3, -0.25) is 4.99 Å². The highest BCUT2D eigenvalue weighted by atomic mass is 32.1. The SMILES string of the molecule is CCN=c1scc(-c2cc(OC)c(OC)c(OC)c2)n1N=Cc1ccc[nH]1. The van der Waals surface area contributed by atoms with Crippen molar-refractivity contribution < 1.29 is 14.2 Å². The van der Waals surface area contributed by atoms with Gasteiger partial charge in [0.2, 0.25) is 10.6 Å². The average molecular weight is 386 g/mol. The normalized spacial score (nSPS) is 11.9. The number of benzene rings is 1. The van der Waals surface area contributed by atoms with E-state index in [9.17, 15) is 0 Å². The van der Waals surface area contributed by atoms with Crippen LogP contribution >= 0.6 is 11.3 Å². The first-order chi connectivity index (χ1) is 13.2. The molecule has 2 heterocycles. The zero-order valence-electron chi connectivity index (χ0n) is 15.7. The molecule has 0 radical (unpaired) electrons. The van der Waals surface area contributed by atoms with Gasteiger partial charge in [-0.05, 0) is 31.2 Å². The van der Waals surface area contributed by atoms with Crippen LogP contribution in [0.15, 0.2) is 45.9 Å². The minimum absolute atomic E-state index is 0.555. The second kappa shape index (κ2) is 8.59. The van der Waals surface area contributed by atoms with Crippen LogP contribution in [-0.4, -0.2) is 43.7 Å². The molecule has 0 saturated carbocycles. The third kappa shape index (κ3) is 3.90. The van der Waals surface area contributed by atoms with E-state index < -0.39 is 0 Å². The second-order valence-corrected chi connectivity index (χ2v) is 6.31. The Kier molecular flexibility index (Phi) is 5.97. The molecule has 0 saturated heterocycles. The molecule has 0 fully saturated rings. The van der Waals surface area contributed by atoms with E-state index in [2.05, 4.69) is 15.1 Å². The Bertz CT molecular complexity index is 962. The van der Waals surface area contributed by atoms with Gasteiger partial charge in [-0.25, -0.2) is 4.68 Å². The van der Waals surface area contributed by atoms with Crippen molar-refractivity contribution in [1.29, 1.82) is 0 Å². The Morgan fingerprint density at radius 3 is 2.44 bits per heavy atom. The van der Waals surface area contributed by atoms with Crippen LogP contribution in [0, 0.1) is 0 Å². The minimum atomic E-state index is 0.555. The second-order valence-electron chi connectivity index (χ2n) is 5.47. The predicted octanol–water partition coefficient (Wildman–Crippen LogP) is 3.37. The van der Waals surface area contributed by atoms with E-state index in [0.717, 1.165) is 21.8 Å². The van der Waals surface area contributed by atoms with Crippen LogP contribution in [0.4, 0.5) is 0 Å². The smallest absolute Gasteiger partial charge is 0.206 e. The van der Waals surface area contributed by atoms with Gasteiger partial charge in [0.15, 0.2) is 11.5 Å². The van der Waals surface area contributed by atoms with E-state index in [1.807, 2.05) is 47.4 Å². The van der Waals surface area contributed by atoms with E-state index in [1.54, 1.807) is 27.5 Å². The quantitative estimate of drug-likeness (QED) is 0.633. The summed E-state index contributed by atoms with van der Waals surface area (Å²) in [4.78, 5) is 8.47. The molecule has 0 aliphatic carbocycles. The topological polar surface area (TPSA) is 73.1 Å². The van der Waals surface area contributed by atoms with Crippen LogP contribution in [0.2, 0.25) is 0 Å². The number of hydrogen-bond acceptors (Lipinski definition) is 6. The summed E-state index contributed by atoms with van der Waals surface area (Å²) < 4.78 is 18.2. The molecule has 0 aliphatic heterocycles. The largest absolute Gasteiger partial charge is 0.493 e. The zero-order valence-corrected chi connectivity index (χ0v) is 16.5. The standard InChI is InChI=1S/C19H22N4O3S/c1-5-20-19-23(22-11-14-7-6-8-21-14)15(12-27-19)13-9-16(24-2)18(26-4)17(10-13)25-3/h6-12,21H,5H2,1-4H3. The van der Waals surface area contributed by atoms with Gasteiger partial charge in [0.05, 0.1) is 38.9 Å². The van der Waals surface area contributed by atoms with Gasteiger partial charge in [-0.2, -0.15) is 5.10 Å². The van der Waals surface area contributed by atoms with E-state index in [4.69, 9.17) is 14.2 Å². The Labute approximate surface area is 161 Å². The van der Waals surface area contributed by atoms with Crippen molar-refractivity contribution in [2.75, 3.05) is 27.9 Å².